The molecule has 1 saturated carbocycles. The van der Waals surface area contributed by atoms with Crippen molar-refractivity contribution in [1.82, 2.24) is 0 Å². The first-order valence-corrected chi connectivity index (χ1v) is 5.25. The quantitative estimate of drug-likeness (QED) is 0.582. The largest absolute Gasteiger partial charge is 0.461 e. The van der Waals surface area contributed by atoms with Gasteiger partial charge in [-0.05, 0) is 38.0 Å². The zero-order valence-corrected chi connectivity index (χ0v) is 8.67. The molecule has 1 heterocycles. The molecule has 1 aliphatic heterocycles. The lowest BCUT2D eigenvalue weighted by atomic mass is 9.64. The molecule has 0 bridgehead atoms. The van der Waals surface area contributed by atoms with E-state index in [2.05, 4.69) is 20.8 Å². The first kappa shape index (κ1) is 9.04. The van der Waals surface area contributed by atoms with E-state index in [9.17, 15) is 4.79 Å². The molecular formula is C11H18O2. The van der Waals surface area contributed by atoms with Crippen molar-refractivity contribution in [3.8, 4) is 0 Å². The van der Waals surface area contributed by atoms with Gasteiger partial charge in [0.25, 0.3) is 0 Å². The molecule has 3 atom stereocenters. The van der Waals surface area contributed by atoms with Crippen LogP contribution in [0.15, 0.2) is 0 Å². The van der Waals surface area contributed by atoms with Crippen LogP contribution in [0.5, 0.6) is 0 Å². The first-order valence-electron chi connectivity index (χ1n) is 5.25. The van der Waals surface area contributed by atoms with E-state index in [0.717, 1.165) is 24.7 Å². The SMILES string of the molecule is CC(C)C1CCC2(C)C(=O)OC2C1. The molecule has 2 aliphatic rings. The van der Waals surface area contributed by atoms with Gasteiger partial charge in [-0.2, -0.15) is 0 Å². The normalized spacial score (nSPS) is 43.8. The maximum atomic E-state index is 11.2. The third-order valence-electron chi connectivity index (χ3n) is 3.92. The van der Waals surface area contributed by atoms with Crippen LogP contribution >= 0.6 is 0 Å². The standard InChI is InChI=1S/C11H18O2/c1-7(2)8-4-5-11(3)9(6-8)13-10(11)12/h7-9H,4-6H2,1-3H3. The van der Waals surface area contributed by atoms with E-state index < -0.39 is 0 Å². The summed E-state index contributed by atoms with van der Waals surface area (Å²) in [5, 5.41) is 0. The smallest absolute Gasteiger partial charge is 0.315 e. The minimum atomic E-state index is -0.120. The van der Waals surface area contributed by atoms with Gasteiger partial charge in [-0.1, -0.05) is 13.8 Å². The molecule has 0 aromatic rings. The van der Waals surface area contributed by atoms with Crippen molar-refractivity contribution in [2.45, 2.75) is 46.1 Å². The van der Waals surface area contributed by atoms with Gasteiger partial charge in [-0.3, -0.25) is 4.79 Å². The van der Waals surface area contributed by atoms with Gasteiger partial charge in [-0.25, -0.2) is 0 Å². The van der Waals surface area contributed by atoms with Gasteiger partial charge in [0.2, 0.25) is 0 Å². The molecule has 0 aromatic carbocycles. The minimum Gasteiger partial charge on any atom is -0.461 e. The summed E-state index contributed by atoms with van der Waals surface area (Å²) < 4.78 is 5.19. The van der Waals surface area contributed by atoms with Crippen molar-refractivity contribution in [2.75, 3.05) is 0 Å². The lowest BCUT2D eigenvalue weighted by Gasteiger charge is -2.50. The van der Waals surface area contributed by atoms with Crippen LogP contribution in [0.4, 0.5) is 0 Å². The lowest BCUT2D eigenvalue weighted by Crippen LogP contribution is -2.57. The molecule has 2 fully saturated rings. The molecule has 0 N–H and O–H groups in total. The van der Waals surface area contributed by atoms with E-state index in [1.807, 2.05) is 0 Å². The second-order valence-electron chi connectivity index (χ2n) is 5.09. The summed E-state index contributed by atoms with van der Waals surface area (Å²) in [7, 11) is 0. The highest BCUT2D eigenvalue weighted by atomic mass is 16.6. The monoisotopic (exact) mass is 182 g/mol. The fourth-order valence-electron chi connectivity index (χ4n) is 2.52. The fourth-order valence-corrected chi connectivity index (χ4v) is 2.52. The number of hydrogen-bond acceptors (Lipinski definition) is 2. The van der Waals surface area contributed by atoms with Gasteiger partial charge >= 0.3 is 5.97 Å². The number of carbonyl (C=O) groups excluding carboxylic acids is 1. The van der Waals surface area contributed by atoms with Crippen molar-refractivity contribution in [3.63, 3.8) is 0 Å². The number of rotatable bonds is 1. The molecule has 2 heteroatoms. The van der Waals surface area contributed by atoms with Crippen molar-refractivity contribution >= 4 is 5.97 Å². The van der Waals surface area contributed by atoms with Crippen LogP contribution in [-0.4, -0.2) is 12.1 Å². The number of esters is 1. The van der Waals surface area contributed by atoms with E-state index in [4.69, 9.17) is 4.74 Å². The number of ether oxygens (including phenoxy) is 1. The van der Waals surface area contributed by atoms with Gasteiger partial charge < -0.3 is 4.74 Å². The summed E-state index contributed by atoms with van der Waals surface area (Å²) in [6.07, 6.45) is 3.53. The summed E-state index contributed by atoms with van der Waals surface area (Å²) >= 11 is 0. The molecule has 3 unspecified atom stereocenters. The average molecular weight is 182 g/mol. The van der Waals surface area contributed by atoms with E-state index in [1.54, 1.807) is 0 Å². The summed E-state index contributed by atoms with van der Waals surface area (Å²) in [4.78, 5) is 11.2. The van der Waals surface area contributed by atoms with E-state index in [-0.39, 0.29) is 17.5 Å². The first-order chi connectivity index (χ1) is 6.04. The Hall–Kier alpha value is -0.530. The highest BCUT2D eigenvalue weighted by molar-refractivity contribution is 5.82. The van der Waals surface area contributed by atoms with Crippen molar-refractivity contribution in [3.05, 3.63) is 0 Å². The van der Waals surface area contributed by atoms with E-state index >= 15 is 0 Å². The molecule has 2 rings (SSSR count). The maximum absolute atomic E-state index is 11.2. The highest BCUT2D eigenvalue weighted by Gasteiger charge is 2.56. The molecule has 0 amide bonds. The topological polar surface area (TPSA) is 26.3 Å². The predicted octanol–water partition coefficient (Wildman–Crippen LogP) is 2.37. The number of carbonyl (C=O) groups is 1. The predicted molar refractivity (Wildman–Crippen MR) is 50.2 cm³/mol. The molecular weight excluding hydrogens is 164 g/mol. The average Bonchev–Trinajstić information content (AvgIpc) is 2.08. The van der Waals surface area contributed by atoms with Crippen molar-refractivity contribution in [2.24, 2.45) is 17.3 Å². The molecule has 0 spiro atoms. The summed E-state index contributed by atoms with van der Waals surface area (Å²) in [5.41, 5.74) is -0.120. The number of hydrogen-bond donors (Lipinski definition) is 0. The van der Waals surface area contributed by atoms with Gasteiger partial charge in [0, 0.05) is 0 Å². The van der Waals surface area contributed by atoms with E-state index in [0.29, 0.717) is 0 Å². The van der Waals surface area contributed by atoms with Crippen LogP contribution in [0.3, 0.4) is 0 Å². The third kappa shape index (κ3) is 1.18. The van der Waals surface area contributed by atoms with E-state index in [1.165, 1.54) is 6.42 Å². The molecule has 1 aliphatic carbocycles. The second-order valence-corrected chi connectivity index (χ2v) is 5.09. The Morgan fingerprint density at radius 1 is 1.54 bits per heavy atom. The van der Waals surface area contributed by atoms with Gasteiger partial charge in [0.1, 0.15) is 11.5 Å². The molecule has 0 radical (unpaired) electrons. The Morgan fingerprint density at radius 2 is 2.23 bits per heavy atom. The van der Waals surface area contributed by atoms with Gasteiger partial charge in [-0.15, -0.1) is 0 Å². The highest BCUT2D eigenvalue weighted by Crippen LogP contribution is 2.49. The summed E-state index contributed by atoms with van der Waals surface area (Å²) in [6.45, 7) is 6.57. The molecule has 2 nitrogen and oxygen atoms in total. The summed E-state index contributed by atoms with van der Waals surface area (Å²) in [5.74, 6) is 1.51. The second kappa shape index (κ2) is 2.73. The molecule has 13 heavy (non-hydrogen) atoms. The van der Waals surface area contributed by atoms with Crippen LogP contribution in [0, 0.1) is 17.3 Å². The fraction of sp³-hybridized carbons (Fsp3) is 0.909. The number of fused-ring (bicyclic) bond motifs is 1. The molecule has 1 saturated heterocycles. The van der Waals surface area contributed by atoms with Crippen LogP contribution in [0.1, 0.15) is 40.0 Å². The van der Waals surface area contributed by atoms with Crippen LogP contribution < -0.4 is 0 Å². The Bertz CT molecular complexity index is 234. The van der Waals surface area contributed by atoms with Gasteiger partial charge in [0.05, 0.1) is 0 Å². The van der Waals surface area contributed by atoms with Crippen LogP contribution in [-0.2, 0) is 9.53 Å². The van der Waals surface area contributed by atoms with Gasteiger partial charge in [0.15, 0.2) is 0 Å². The summed E-state index contributed by atoms with van der Waals surface area (Å²) in [6, 6.07) is 0. The zero-order valence-electron chi connectivity index (χ0n) is 8.67. The van der Waals surface area contributed by atoms with Crippen LogP contribution in [0.25, 0.3) is 0 Å². The van der Waals surface area contributed by atoms with Crippen LogP contribution in [0.2, 0.25) is 0 Å². The molecule has 0 aromatic heterocycles. The Kier molecular flexibility index (Phi) is 1.90. The Morgan fingerprint density at radius 3 is 2.69 bits per heavy atom. The Balaban J connectivity index is 2.03. The lowest BCUT2D eigenvalue weighted by molar-refractivity contribution is -0.215. The minimum absolute atomic E-state index is 0.0275. The van der Waals surface area contributed by atoms with Crippen molar-refractivity contribution < 1.29 is 9.53 Å². The zero-order chi connectivity index (χ0) is 9.64. The Labute approximate surface area is 79.7 Å². The maximum Gasteiger partial charge on any atom is 0.315 e. The third-order valence-corrected chi connectivity index (χ3v) is 3.92. The molecule has 74 valence electrons. The van der Waals surface area contributed by atoms with Crippen molar-refractivity contribution in [1.29, 1.82) is 0 Å².